The van der Waals surface area contributed by atoms with Gasteiger partial charge in [-0.1, -0.05) is 0 Å². The lowest BCUT2D eigenvalue weighted by Gasteiger charge is -2.30. The lowest BCUT2D eigenvalue weighted by Crippen LogP contribution is -2.48. The molecule has 2 saturated heterocycles. The van der Waals surface area contributed by atoms with Gasteiger partial charge in [-0.2, -0.15) is 0 Å². The predicted molar refractivity (Wildman–Crippen MR) is 36.4 cm³/mol. The van der Waals surface area contributed by atoms with Crippen LogP contribution in [0.1, 0.15) is 6.42 Å². The molecule has 0 spiro atoms. The number of fused-ring (bicyclic) bond motifs is 1. The van der Waals surface area contributed by atoms with E-state index in [4.69, 9.17) is 9.84 Å². The molecule has 4 nitrogen and oxygen atoms in total. The molecule has 11 heavy (non-hydrogen) atoms. The summed E-state index contributed by atoms with van der Waals surface area (Å²) in [7, 11) is 0. The van der Waals surface area contributed by atoms with Crippen molar-refractivity contribution in [1.82, 2.24) is 4.90 Å². The molecule has 1 atom stereocenters. The van der Waals surface area contributed by atoms with Crippen LogP contribution in [0.2, 0.25) is 0 Å². The number of ether oxygens (including phenoxy) is 1. The Morgan fingerprint density at radius 3 is 3.18 bits per heavy atom. The molecule has 2 rings (SSSR count). The van der Waals surface area contributed by atoms with Crippen molar-refractivity contribution >= 4 is 5.91 Å². The quantitative estimate of drug-likeness (QED) is 0.517. The maximum Gasteiger partial charge on any atom is 0.231 e. The van der Waals surface area contributed by atoms with Crippen molar-refractivity contribution in [3.63, 3.8) is 0 Å². The number of aliphatic hydroxyl groups excluding tert-OH is 1. The Kier molecular flexibility index (Phi) is 1.35. The van der Waals surface area contributed by atoms with Crippen LogP contribution in [0.4, 0.5) is 0 Å². The Morgan fingerprint density at radius 2 is 2.64 bits per heavy atom. The first-order valence-electron chi connectivity index (χ1n) is 3.57. The van der Waals surface area contributed by atoms with Crippen LogP contribution < -0.4 is 0 Å². The highest BCUT2D eigenvalue weighted by molar-refractivity contribution is 5.83. The van der Waals surface area contributed by atoms with Gasteiger partial charge in [-0.05, 0) is 6.08 Å². The number of hydrogen-bond donors (Lipinski definition) is 1. The van der Waals surface area contributed by atoms with E-state index in [1.807, 2.05) is 0 Å². The normalized spacial score (nSPS) is 31.7. The Labute approximate surface area is 64.1 Å². The van der Waals surface area contributed by atoms with Gasteiger partial charge in [0, 0.05) is 0 Å². The van der Waals surface area contributed by atoms with Gasteiger partial charge in [0.1, 0.15) is 5.76 Å². The zero-order chi connectivity index (χ0) is 7.84. The van der Waals surface area contributed by atoms with E-state index >= 15 is 0 Å². The van der Waals surface area contributed by atoms with Crippen LogP contribution >= 0.6 is 0 Å². The third kappa shape index (κ3) is 0.903. The number of nitrogens with zero attached hydrogens (tertiary/aromatic N) is 1. The molecule has 2 heterocycles. The molecule has 1 amide bonds. The van der Waals surface area contributed by atoms with Crippen molar-refractivity contribution in [1.29, 1.82) is 0 Å². The Morgan fingerprint density at radius 1 is 1.82 bits per heavy atom. The third-order valence-corrected chi connectivity index (χ3v) is 1.95. The number of hydrogen-bond acceptors (Lipinski definition) is 3. The fourth-order valence-corrected chi connectivity index (χ4v) is 1.31. The minimum Gasteiger partial charge on any atom is -0.473 e. The summed E-state index contributed by atoms with van der Waals surface area (Å²) in [6.07, 6.45) is 2.04. The molecule has 0 aromatic rings. The van der Waals surface area contributed by atoms with E-state index in [0.717, 1.165) is 0 Å². The second kappa shape index (κ2) is 2.23. The van der Waals surface area contributed by atoms with Gasteiger partial charge in [0.05, 0.1) is 19.6 Å². The second-order valence-corrected chi connectivity index (χ2v) is 2.65. The first-order chi connectivity index (χ1) is 5.31. The zero-order valence-electron chi connectivity index (χ0n) is 5.99. The van der Waals surface area contributed by atoms with Gasteiger partial charge in [0.15, 0.2) is 6.23 Å². The molecule has 0 unspecified atom stereocenters. The molecule has 0 aromatic carbocycles. The van der Waals surface area contributed by atoms with Crippen LogP contribution in [-0.2, 0) is 9.53 Å². The van der Waals surface area contributed by atoms with Crippen LogP contribution in [0.3, 0.4) is 0 Å². The largest absolute Gasteiger partial charge is 0.473 e. The molecule has 2 aliphatic rings. The number of carbonyl (C=O) groups is 1. The summed E-state index contributed by atoms with van der Waals surface area (Å²) in [5.41, 5.74) is 0. The Bertz CT molecular complexity index is 224. The van der Waals surface area contributed by atoms with E-state index in [2.05, 4.69) is 0 Å². The summed E-state index contributed by atoms with van der Waals surface area (Å²) >= 11 is 0. The highest BCUT2D eigenvalue weighted by Gasteiger charge is 2.43. The van der Waals surface area contributed by atoms with Crippen LogP contribution in [0.25, 0.3) is 0 Å². The third-order valence-electron chi connectivity index (χ3n) is 1.95. The number of β-lactam (4-membered cyclic amide) rings is 1. The van der Waals surface area contributed by atoms with Crippen LogP contribution in [0, 0.1) is 0 Å². The molecule has 0 aliphatic carbocycles. The van der Waals surface area contributed by atoms with E-state index in [9.17, 15) is 4.79 Å². The van der Waals surface area contributed by atoms with E-state index in [0.29, 0.717) is 18.7 Å². The van der Waals surface area contributed by atoms with Crippen molar-refractivity contribution in [2.75, 3.05) is 13.2 Å². The van der Waals surface area contributed by atoms with E-state index < -0.39 is 0 Å². The van der Waals surface area contributed by atoms with Crippen molar-refractivity contribution in [3.8, 4) is 0 Å². The summed E-state index contributed by atoms with van der Waals surface area (Å²) < 4.78 is 5.28. The van der Waals surface area contributed by atoms with Crippen molar-refractivity contribution in [2.45, 2.75) is 12.6 Å². The van der Waals surface area contributed by atoms with Crippen molar-refractivity contribution < 1.29 is 14.6 Å². The van der Waals surface area contributed by atoms with Gasteiger partial charge in [0.2, 0.25) is 5.91 Å². The topological polar surface area (TPSA) is 49.8 Å². The number of carbonyl (C=O) groups excluding carboxylic acids is 1. The highest BCUT2D eigenvalue weighted by Crippen LogP contribution is 2.30. The van der Waals surface area contributed by atoms with Gasteiger partial charge in [-0.3, -0.25) is 9.69 Å². The second-order valence-electron chi connectivity index (χ2n) is 2.65. The SMILES string of the molecule is O=C1C[C@H]2O/C(=C\CO)CN12. The molecule has 4 heteroatoms. The van der Waals surface area contributed by atoms with E-state index in [-0.39, 0.29) is 18.7 Å². The molecule has 2 aliphatic heterocycles. The molecule has 0 radical (unpaired) electrons. The molecule has 0 aromatic heterocycles. The monoisotopic (exact) mass is 155 g/mol. The molecular weight excluding hydrogens is 146 g/mol. The smallest absolute Gasteiger partial charge is 0.231 e. The van der Waals surface area contributed by atoms with E-state index in [1.54, 1.807) is 11.0 Å². The maximum absolute atomic E-state index is 10.8. The molecular formula is C7H9NO3. The maximum atomic E-state index is 10.8. The predicted octanol–water partition coefficient (Wildman–Crippen LogP) is -0.549. The van der Waals surface area contributed by atoms with Gasteiger partial charge >= 0.3 is 0 Å². The molecule has 1 N–H and O–H groups in total. The van der Waals surface area contributed by atoms with Crippen molar-refractivity contribution in [3.05, 3.63) is 11.8 Å². The molecule has 2 fully saturated rings. The summed E-state index contributed by atoms with van der Waals surface area (Å²) in [4.78, 5) is 12.5. The number of rotatable bonds is 1. The lowest BCUT2D eigenvalue weighted by molar-refractivity contribution is -0.154. The average Bonchev–Trinajstić information content (AvgIpc) is 2.29. The number of aliphatic hydroxyl groups is 1. The molecule has 0 bridgehead atoms. The lowest BCUT2D eigenvalue weighted by atomic mass is 10.2. The Balaban J connectivity index is 2.04. The van der Waals surface area contributed by atoms with Crippen molar-refractivity contribution in [2.24, 2.45) is 0 Å². The Hall–Kier alpha value is -1.03. The number of amides is 1. The highest BCUT2D eigenvalue weighted by atomic mass is 16.5. The molecule has 60 valence electrons. The zero-order valence-corrected chi connectivity index (χ0v) is 5.99. The fraction of sp³-hybridized carbons (Fsp3) is 0.571. The van der Waals surface area contributed by atoms with Gasteiger partial charge in [-0.15, -0.1) is 0 Å². The van der Waals surface area contributed by atoms with E-state index in [1.165, 1.54) is 0 Å². The summed E-state index contributed by atoms with van der Waals surface area (Å²) in [6, 6.07) is 0. The minimum atomic E-state index is -0.0414. The first-order valence-corrected chi connectivity index (χ1v) is 3.57. The molecule has 0 saturated carbocycles. The fourth-order valence-electron chi connectivity index (χ4n) is 1.31. The van der Waals surface area contributed by atoms with Crippen LogP contribution in [0.15, 0.2) is 11.8 Å². The standard InChI is InChI=1S/C7H9NO3/c9-2-1-5-4-8-6(10)3-7(8)11-5/h1,7,9H,2-4H2/b5-1-/t7-/m1/s1. The summed E-state index contributed by atoms with van der Waals surface area (Å²) in [5.74, 6) is 0.847. The van der Waals surface area contributed by atoms with Crippen LogP contribution in [-0.4, -0.2) is 35.3 Å². The average molecular weight is 155 g/mol. The van der Waals surface area contributed by atoms with Gasteiger partial charge in [-0.25, -0.2) is 0 Å². The van der Waals surface area contributed by atoms with Crippen LogP contribution in [0.5, 0.6) is 0 Å². The van der Waals surface area contributed by atoms with Gasteiger partial charge in [0.25, 0.3) is 0 Å². The first kappa shape index (κ1) is 6.67. The van der Waals surface area contributed by atoms with Gasteiger partial charge < -0.3 is 9.84 Å². The minimum absolute atomic E-state index is 0.0237. The summed E-state index contributed by atoms with van der Waals surface area (Å²) in [6.45, 7) is 0.508. The summed E-state index contributed by atoms with van der Waals surface area (Å²) in [5, 5.41) is 8.53.